The average molecular weight is 255 g/mol. The summed E-state index contributed by atoms with van der Waals surface area (Å²) >= 11 is 0. The van der Waals surface area contributed by atoms with Crippen molar-refractivity contribution in [3.63, 3.8) is 0 Å². The average Bonchev–Trinajstić information content (AvgIpc) is 3.01. The Morgan fingerprint density at radius 3 is 2.95 bits per heavy atom. The Bertz CT molecular complexity index is 610. The van der Waals surface area contributed by atoms with Crippen LogP contribution >= 0.6 is 0 Å². The largest absolute Gasteiger partial charge is 0.393 e. The van der Waals surface area contributed by atoms with Gasteiger partial charge >= 0.3 is 0 Å². The molecule has 1 N–H and O–H groups in total. The Hall–Kier alpha value is -1.68. The van der Waals surface area contributed by atoms with Gasteiger partial charge in [0.15, 0.2) is 0 Å². The van der Waals surface area contributed by atoms with Crippen molar-refractivity contribution in [3.05, 3.63) is 30.5 Å². The molecule has 4 rings (SSSR count). The fraction of sp³-hybridized carbons (Fsp3) is 0.467. The molecule has 2 aromatic rings. The summed E-state index contributed by atoms with van der Waals surface area (Å²) in [6.07, 6.45) is 3.86. The summed E-state index contributed by atoms with van der Waals surface area (Å²) in [6, 6.07) is 8.13. The highest BCUT2D eigenvalue weighted by Crippen LogP contribution is 2.40. The highest BCUT2D eigenvalue weighted by Gasteiger charge is 2.42. The summed E-state index contributed by atoms with van der Waals surface area (Å²) in [5.41, 5.74) is 2.10. The summed E-state index contributed by atoms with van der Waals surface area (Å²) in [5, 5.41) is 19.5. The molecule has 4 heteroatoms. The van der Waals surface area contributed by atoms with Gasteiger partial charge in [0.05, 0.1) is 23.5 Å². The van der Waals surface area contributed by atoms with Crippen LogP contribution in [0.5, 0.6) is 0 Å². The third-order valence-corrected chi connectivity index (χ3v) is 4.69. The van der Waals surface area contributed by atoms with Crippen molar-refractivity contribution in [1.29, 1.82) is 0 Å². The molecular formula is C15H17N3O. The van der Waals surface area contributed by atoms with Crippen LogP contribution in [0.15, 0.2) is 30.5 Å². The molecule has 4 nitrogen and oxygen atoms in total. The Balaban J connectivity index is 1.72. The first kappa shape index (κ1) is 11.2. The van der Waals surface area contributed by atoms with E-state index in [0.717, 1.165) is 42.5 Å². The van der Waals surface area contributed by atoms with Crippen molar-refractivity contribution in [3.8, 4) is 0 Å². The second kappa shape index (κ2) is 4.17. The van der Waals surface area contributed by atoms with Crippen LogP contribution in [0.2, 0.25) is 0 Å². The van der Waals surface area contributed by atoms with E-state index in [1.165, 1.54) is 0 Å². The minimum absolute atomic E-state index is 0.115. The lowest BCUT2D eigenvalue weighted by Gasteiger charge is -2.21. The highest BCUT2D eigenvalue weighted by atomic mass is 16.3. The molecule has 0 spiro atoms. The van der Waals surface area contributed by atoms with Crippen molar-refractivity contribution >= 4 is 16.6 Å². The van der Waals surface area contributed by atoms with Crippen LogP contribution in [0.3, 0.4) is 0 Å². The smallest absolute Gasteiger partial charge is 0.0950 e. The Labute approximate surface area is 112 Å². The second-order valence-electron chi connectivity index (χ2n) is 5.72. The normalized spacial score (nSPS) is 29.9. The van der Waals surface area contributed by atoms with E-state index in [0.29, 0.717) is 11.8 Å². The van der Waals surface area contributed by atoms with Gasteiger partial charge in [-0.2, -0.15) is 10.2 Å². The van der Waals surface area contributed by atoms with Crippen molar-refractivity contribution in [2.75, 3.05) is 18.0 Å². The number of nitrogens with zero attached hydrogens (tertiary/aromatic N) is 3. The van der Waals surface area contributed by atoms with E-state index in [4.69, 9.17) is 0 Å². The fourth-order valence-electron chi connectivity index (χ4n) is 3.68. The lowest BCUT2D eigenvalue weighted by Crippen LogP contribution is -2.24. The number of hydrogen-bond acceptors (Lipinski definition) is 4. The summed E-state index contributed by atoms with van der Waals surface area (Å²) < 4.78 is 0. The topological polar surface area (TPSA) is 49.2 Å². The van der Waals surface area contributed by atoms with Gasteiger partial charge < -0.3 is 10.0 Å². The van der Waals surface area contributed by atoms with Crippen LogP contribution in [0.25, 0.3) is 10.9 Å². The maximum absolute atomic E-state index is 10.0. The van der Waals surface area contributed by atoms with Gasteiger partial charge in [0.2, 0.25) is 0 Å². The maximum atomic E-state index is 10.0. The van der Waals surface area contributed by atoms with Gasteiger partial charge in [0, 0.05) is 24.4 Å². The minimum Gasteiger partial charge on any atom is -0.393 e. The zero-order valence-electron chi connectivity index (χ0n) is 10.7. The van der Waals surface area contributed by atoms with Crippen molar-refractivity contribution in [1.82, 2.24) is 10.2 Å². The molecule has 2 aliphatic rings. The van der Waals surface area contributed by atoms with E-state index in [-0.39, 0.29) is 6.10 Å². The maximum Gasteiger partial charge on any atom is 0.0950 e. The number of aliphatic hydroxyl groups is 1. The van der Waals surface area contributed by atoms with Crippen molar-refractivity contribution < 1.29 is 5.11 Å². The molecule has 2 heterocycles. The van der Waals surface area contributed by atoms with E-state index >= 15 is 0 Å². The number of benzene rings is 1. The minimum atomic E-state index is -0.115. The first-order valence-corrected chi connectivity index (χ1v) is 6.96. The SMILES string of the molecule is OC1CCC2CN(c3cnnc4ccccc34)CC12. The van der Waals surface area contributed by atoms with Crippen LogP contribution in [0.4, 0.5) is 5.69 Å². The molecule has 0 amide bonds. The zero-order chi connectivity index (χ0) is 12.8. The van der Waals surface area contributed by atoms with Crippen LogP contribution in [0.1, 0.15) is 12.8 Å². The van der Waals surface area contributed by atoms with Gasteiger partial charge in [0.25, 0.3) is 0 Å². The Morgan fingerprint density at radius 2 is 2.05 bits per heavy atom. The molecule has 1 aromatic heterocycles. The predicted molar refractivity (Wildman–Crippen MR) is 74.0 cm³/mol. The van der Waals surface area contributed by atoms with Crippen molar-refractivity contribution in [2.24, 2.45) is 11.8 Å². The van der Waals surface area contributed by atoms with Gasteiger partial charge in [-0.05, 0) is 24.8 Å². The molecule has 3 unspecified atom stereocenters. The number of aliphatic hydroxyl groups excluding tert-OH is 1. The summed E-state index contributed by atoms with van der Waals surface area (Å²) in [7, 11) is 0. The molecule has 3 atom stereocenters. The Morgan fingerprint density at radius 1 is 1.16 bits per heavy atom. The third-order valence-electron chi connectivity index (χ3n) is 4.69. The predicted octanol–water partition coefficient (Wildman–Crippen LogP) is 1.84. The van der Waals surface area contributed by atoms with Crippen LogP contribution < -0.4 is 4.90 Å². The fourth-order valence-corrected chi connectivity index (χ4v) is 3.68. The lowest BCUT2D eigenvalue weighted by atomic mass is 10.00. The summed E-state index contributed by atoms with van der Waals surface area (Å²) in [5.74, 6) is 1.08. The molecule has 98 valence electrons. The quantitative estimate of drug-likeness (QED) is 0.844. The first-order valence-electron chi connectivity index (χ1n) is 6.96. The number of aromatic nitrogens is 2. The monoisotopic (exact) mass is 255 g/mol. The van der Waals surface area contributed by atoms with E-state index in [1.54, 1.807) is 0 Å². The second-order valence-corrected chi connectivity index (χ2v) is 5.72. The molecule has 0 bridgehead atoms. The lowest BCUT2D eigenvalue weighted by molar-refractivity contribution is 0.133. The highest BCUT2D eigenvalue weighted by molar-refractivity contribution is 5.90. The zero-order valence-corrected chi connectivity index (χ0v) is 10.7. The van der Waals surface area contributed by atoms with Gasteiger partial charge in [-0.25, -0.2) is 0 Å². The molecule has 2 fully saturated rings. The van der Waals surface area contributed by atoms with Gasteiger partial charge in [-0.1, -0.05) is 18.2 Å². The van der Waals surface area contributed by atoms with E-state index in [2.05, 4.69) is 21.2 Å². The van der Waals surface area contributed by atoms with Crippen molar-refractivity contribution in [2.45, 2.75) is 18.9 Å². The Kier molecular flexibility index (Phi) is 2.45. The number of anilines is 1. The molecule has 19 heavy (non-hydrogen) atoms. The van der Waals surface area contributed by atoms with Crippen LogP contribution in [0, 0.1) is 11.8 Å². The molecular weight excluding hydrogens is 238 g/mol. The summed E-state index contributed by atoms with van der Waals surface area (Å²) in [6.45, 7) is 1.99. The molecule has 1 aliphatic heterocycles. The molecule has 0 radical (unpaired) electrons. The van der Waals surface area contributed by atoms with Gasteiger partial charge in [-0.3, -0.25) is 0 Å². The van der Waals surface area contributed by atoms with Crippen LogP contribution in [-0.4, -0.2) is 34.5 Å². The van der Waals surface area contributed by atoms with E-state index < -0.39 is 0 Å². The van der Waals surface area contributed by atoms with Crippen LogP contribution in [-0.2, 0) is 0 Å². The summed E-state index contributed by atoms with van der Waals surface area (Å²) in [4.78, 5) is 2.37. The van der Waals surface area contributed by atoms with Gasteiger partial charge in [0.1, 0.15) is 0 Å². The molecule has 1 saturated heterocycles. The molecule has 1 aromatic carbocycles. The molecule has 1 saturated carbocycles. The van der Waals surface area contributed by atoms with Gasteiger partial charge in [-0.15, -0.1) is 0 Å². The molecule has 1 aliphatic carbocycles. The number of rotatable bonds is 1. The first-order chi connectivity index (χ1) is 9.33. The standard InChI is InChI=1S/C15H17N3O/c19-15-6-5-10-8-18(9-12(10)15)14-7-16-17-13-4-2-1-3-11(13)14/h1-4,7,10,12,15,19H,5-6,8-9H2. The number of fused-ring (bicyclic) bond motifs is 2. The third kappa shape index (κ3) is 1.70. The van der Waals surface area contributed by atoms with E-state index in [1.807, 2.05) is 24.4 Å². The van der Waals surface area contributed by atoms with E-state index in [9.17, 15) is 5.11 Å². The number of hydrogen-bond donors (Lipinski definition) is 1.